The van der Waals surface area contributed by atoms with Crippen LogP contribution in [0, 0.1) is 17.3 Å². The van der Waals surface area contributed by atoms with Crippen molar-refractivity contribution in [3.63, 3.8) is 0 Å². The summed E-state index contributed by atoms with van der Waals surface area (Å²) in [6, 6.07) is 0. The van der Waals surface area contributed by atoms with E-state index in [2.05, 4.69) is 0 Å². The lowest BCUT2D eigenvalue weighted by molar-refractivity contribution is -0.245. The first kappa shape index (κ1) is 26.8. The summed E-state index contributed by atoms with van der Waals surface area (Å²) in [4.78, 5) is 52.0. The highest BCUT2D eigenvalue weighted by Gasteiger charge is 2.79. The van der Waals surface area contributed by atoms with Gasteiger partial charge in [0, 0.05) is 35.7 Å². The van der Waals surface area contributed by atoms with Crippen LogP contribution in [0.25, 0.3) is 0 Å². The number of hydrogen-bond donors (Lipinski definition) is 2. The van der Waals surface area contributed by atoms with E-state index in [-0.39, 0.29) is 56.0 Å². The molecule has 1 saturated carbocycles. The fraction of sp³-hybridized carbons (Fsp3) is 0.724. The van der Waals surface area contributed by atoms with Gasteiger partial charge in [-0.2, -0.15) is 0 Å². The van der Waals surface area contributed by atoms with Crippen molar-refractivity contribution in [2.24, 2.45) is 17.3 Å². The Morgan fingerprint density at radius 3 is 2.49 bits per heavy atom. The van der Waals surface area contributed by atoms with Gasteiger partial charge in [-0.3, -0.25) is 14.4 Å². The van der Waals surface area contributed by atoms with E-state index in [0.29, 0.717) is 12.0 Å². The number of esters is 2. The third-order valence-electron chi connectivity index (χ3n) is 10.3. The molecule has 10 heteroatoms. The molecule has 5 fully saturated rings. The number of rotatable bonds is 3. The highest BCUT2D eigenvalue weighted by Crippen LogP contribution is 2.65. The molecular weight excluding hydrogens is 508 g/mol. The second kappa shape index (κ2) is 7.87. The van der Waals surface area contributed by atoms with Gasteiger partial charge in [-0.1, -0.05) is 13.8 Å². The molecule has 5 heterocycles. The lowest BCUT2D eigenvalue weighted by atomic mass is 9.63. The molecule has 0 aromatic heterocycles. The maximum Gasteiger partial charge on any atom is 0.339 e. The van der Waals surface area contributed by atoms with Gasteiger partial charge in [-0.25, -0.2) is 4.79 Å². The van der Waals surface area contributed by atoms with E-state index in [4.69, 9.17) is 18.9 Å². The second-order valence-corrected chi connectivity index (χ2v) is 13.4. The molecule has 0 radical (unpaired) electrons. The molecule has 8 unspecified atom stereocenters. The molecular formula is C29H36O10. The fourth-order valence-electron chi connectivity index (χ4n) is 8.50. The van der Waals surface area contributed by atoms with E-state index in [1.165, 1.54) is 0 Å². The number of Topliss-reactive ketones (excluding diaryl/α,β-unsaturated/α-hetero) is 2. The Labute approximate surface area is 226 Å². The molecule has 0 aromatic rings. The first-order valence-corrected chi connectivity index (χ1v) is 13.8. The molecule has 6 rings (SSSR count). The molecule has 2 spiro atoms. The summed E-state index contributed by atoms with van der Waals surface area (Å²) in [5.74, 6) is -5.06. The minimum absolute atomic E-state index is 0.0149. The smallest absolute Gasteiger partial charge is 0.339 e. The number of carbonyl (C=O) groups excluding carboxylic acids is 4. The van der Waals surface area contributed by atoms with Gasteiger partial charge in [0.25, 0.3) is 0 Å². The maximum absolute atomic E-state index is 13.9. The normalized spacial score (nSPS) is 47.9. The van der Waals surface area contributed by atoms with E-state index < -0.39 is 63.4 Å². The van der Waals surface area contributed by atoms with E-state index in [1.807, 2.05) is 13.8 Å². The van der Waals surface area contributed by atoms with E-state index in [0.717, 1.165) is 0 Å². The van der Waals surface area contributed by atoms with Gasteiger partial charge in [0.15, 0.2) is 5.60 Å². The van der Waals surface area contributed by atoms with Gasteiger partial charge in [-0.15, -0.1) is 0 Å². The van der Waals surface area contributed by atoms with Crippen molar-refractivity contribution in [2.45, 2.75) is 114 Å². The standard InChI is InChI=1S/C29H36O10/c1-15(10-17-11-16(2)22(32)36-17)21(31)25(5)8-9-26-14-27-18(24(3,4)37-19(27)12-20(30)38-27)6-7-28(26,34)23(33)29(35,13-25)39-26/h10-11,15,18-19,34-35H,6-9,12-14H2,1-5H3. The van der Waals surface area contributed by atoms with Crippen molar-refractivity contribution in [3.05, 3.63) is 23.5 Å². The van der Waals surface area contributed by atoms with Crippen LogP contribution in [0.3, 0.4) is 0 Å². The average molecular weight is 545 g/mol. The molecule has 10 nitrogen and oxygen atoms in total. The van der Waals surface area contributed by atoms with Crippen molar-refractivity contribution in [1.29, 1.82) is 0 Å². The van der Waals surface area contributed by atoms with Crippen LogP contribution in [0.5, 0.6) is 0 Å². The zero-order chi connectivity index (χ0) is 28.4. The van der Waals surface area contributed by atoms with E-state index >= 15 is 0 Å². The molecule has 2 bridgehead atoms. The Bertz CT molecular complexity index is 1260. The molecule has 4 saturated heterocycles. The SMILES string of the molecule is CC1=CC(=CC(C)C(=O)C2(C)CCC34CC56OC(=O)CC5OC(C)(C)C6CCC3(O)C(=O)C(O)(C2)O4)OC1=O. The van der Waals surface area contributed by atoms with E-state index in [1.54, 1.807) is 32.9 Å². The predicted molar refractivity (Wildman–Crippen MR) is 133 cm³/mol. The van der Waals surface area contributed by atoms with Gasteiger partial charge >= 0.3 is 11.9 Å². The number of allylic oxidation sites excluding steroid dienone is 2. The number of ether oxygens (including phenoxy) is 4. The van der Waals surface area contributed by atoms with Crippen molar-refractivity contribution < 1.29 is 48.3 Å². The Balaban J connectivity index is 1.36. The third-order valence-corrected chi connectivity index (χ3v) is 10.3. The van der Waals surface area contributed by atoms with Crippen molar-refractivity contribution in [1.82, 2.24) is 0 Å². The first-order chi connectivity index (χ1) is 18.0. The number of aliphatic hydroxyl groups is 2. The van der Waals surface area contributed by atoms with Crippen LogP contribution in [0.15, 0.2) is 23.5 Å². The van der Waals surface area contributed by atoms with Gasteiger partial charge in [0.2, 0.25) is 11.6 Å². The summed E-state index contributed by atoms with van der Waals surface area (Å²) < 4.78 is 23.7. The maximum atomic E-state index is 13.9. The number of hydrogen-bond acceptors (Lipinski definition) is 10. The minimum atomic E-state index is -2.39. The molecule has 5 aliphatic heterocycles. The Morgan fingerprint density at radius 1 is 1.10 bits per heavy atom. The Kier molecular flexibility index (Phi) is 5.41. The summed E-state index contributed by atoms with van der Waals surface area (Å²) in [7, 11) is 0. The fourth-order valence-corrected chi connectivity index (χ4v) is 8.50. The molecule has 0 aromatic carbocycles. The van der Waals surface area contributed by atoms with Crippen LogP contribution in [-0.4, -0.2) is 68.0 Å². The Hall–Kier alpha value is -2.40. The van der Waals surface area contributed by atoms with Gasteiger partial charge in [0.1, 0.15) is 28.8 Å². The number of ketones is 2. The third kappa shape index (κ3) is 3.47. The van der Waals surface area contributed by atoms with E-state index in [9.17, 15) is 29.4 Å². The molecule has 1 aliphatic carbocycles. The summed E-state index contributed by atoms with van der Waals surface area (Å²) in [5, 5.41) is 23.7. The largest absolute Gasteiger partial charge is 0.456 e. The number of cyclic esters (lactones) is 1. The second-order valence-electron chi connectivity index (χ2n) is 13.4. The zero-order valence-electron chi connectivity index (χ0n) is 23.0. The van der Waals surface area contributed by atoms with Gasteiger partial charge in [-0.05, 0) is 58.6 Å². The quantitative estimate of drug-likeness (QED) is 0.507. The molecule has 212 valence electrons. The highest BCUT2D eigenvalue weighted by atomic mass is 16.7. The molecule has 8 atom stereocenters. The molecule has 39 heavy (non-hydrogen) atoms. The van der Waals surface area contributed by atoms with Crippen LogP contribution in [-0.2, 0) is 38.1 Å². The predicted octanol–water partition coefficient (Wildman–Crippen LogP) is 2.19. The molecule has 0 amide bonds. The first-order valence-electron chi connectivity index (χ1n) is 13.8. The summed E-state index contributed by atoms with van der Waals surface area (Å²) in [6.45, 7) is 8.83. The van der Waals surface area contributed by atoms with Crippen molar-refractivity contribution in [3.8, 4) is 0 Å². The molecule has 6 aliphatic rings. The zero-order valence-corrected chi connectivity index (χ0v) is 23.0. The lowest BCUT2D eigenvalue weighted by Gasteiger charge is -2.43. The highest BCUT2D eigenvalue weighted by molar-refractivity contribution is 5.99. The number of fused-ring (bicyclic) bond motifs is 1. The van der Waals surface area contributed by atoms with Gasteiger partial charge < -0.3 is 29.2 Å². The van der Waals surface area contributed by atoms with Crippen LogP contribution in [0.1, 0.15) is 79.6 Å². The topological polar surface area (TPSA) is 146 Å². The molecule has 2 N–H and O–H groups in total. The lowest BCUT2D eigenvalue weighted by Crippen LogP contribution is -2.59. The number of carbonyl (C=O) groups is 4. The van der Waals surface area contributed by atoms with Crippen molar-refractivity contribution in [2.75, 3.05) is 0 Å². The van der Waals surface area contributed by atoms with Gasteiger partial charge in [0.05, 0.1) is 12.0 Å². The van der Waals surface area contributed by atoms with Crippen LogP contribution >= 0.6 is 0 Å². The summed E-state index contributed by atoms with van der Waals surface area (Å²) in [6.07, 6.45) is 2.94. The monoisotopic (exact) mass is 544 g/mol. The minimum Gasteiger partial charge on any atom is -0.456 e. The van der Waals surface area contributed by atoms with Crippen LogP contribution in [0.4, 0.5) is 0 Å². The summed E-state index contributed by atoms with van der Waals surface area (Å²) >= 11 is 0. The Morgan fingerprint density at radius 2 is 1.82 bits per heavy atom. The van der Waals surface area contributed by atoms with Crippen molar-refractivity contribution >= 4 is 23.5 Å². The average Bonchev–Trinajstić information content (AvgIpc) is 3.35. The van der Waals surface area contributed by atoms with Crippen LogP contribution < -0.4 is 0 Å². The summed E-state index contributed by atoms with van der Waals surface area (Å²) in [5.41, 5.74) is -6.11. The van der Waals surface area contributed by atoms with Crippen LogP contribution in [0.2, 0.25) is 0 Å².